The monoisotopic (exact) mass is 368 g/mol. The number of thiazole rings is 1. The summed E-state index contributed by atoms with van der Waals surface area (Å²) in [6.45, 7) is 1.01. The summed E-state index contributed by atoms with van der Waals surface area (Å²) in [4.78, 5) is 20.1. The van der Waals surface area contributed by atoms with Crippen molar-refractivity contribution < 1.29 is 13.9 Å². The molecule has 26 heavy (non-hydrogen) atoms. The van der Waals surface area contributed by atoms with Crippen molar-refractivity contribution in [2.45, 2.75) is 13.0 Å². The van der Waals surface area contributed by atoms with Crippen molar-refractivity contribution in [1.82, 2.24) is 9.88 Å². The van der Waals surface area contributed by atoms with Crippen LogP contribution < -0.4 is 4.74 Å². The van der Waals surface area contributed by atoms with E-state index in [0.29, 0.717) is 19.5 Å². The molecule has 2 aromatic carbocycles. The topological polar surface area (TPSA) is 42.4 Å². The van der Waals surface area contributed by atoms with Crippen LogP contribution in [0.2, 0.25) is 0 Å². The van der Waals surface area contributed by atoms with Gasteiger partial charge < -0.3 is 9.64 Å². The van der Waals surface area contributed by atoms with E-state index in [1.54, 1.807) is 35.5 Å². The summed E-state index contributed by atoms with van der Waals surface area (Å²) in [7, 11) is 1.64. The predicted octanol–water partition coefficient (Wildman–Crippen LogP) is 4.16. The van der Waals surface area contributed by atoms with Crippen LogP contribution in [0.4, 0.5) is 4.39 Å². The van der Waals surface area contributed by atoms with Crippen LogP contribution in [0, 0.1) is 5.82 Å². The maximum absolute atomic E-state index is 13.9. The van der Waals surface area contributed by atoms with Gasteiger partial charge in [0.2, 0.25) is 0 Å². The number of methoxy groups -OCH3 is 1. The molecular weight excluding hydrogens is 351 g/mol. The molecule has 0 fully saturated rings. The minimum absolute atomic E-state index is 0.119. The van der Waals surface area contributed by atoms with E-state index in [0.717, 1.165) is 26.9 Å². The second kappa shape index (κ2) is 6.88. The van der Waals surface area contributed by atoms with Crippen LogP contribution >= 0.6 is 11.3 Å². The molecule has 0 unspecified atom stereocenters. The predicted molar refractivity (Wildman–Crippen MR) is 98.9 cm³/mol. The minimum atomic E-state index is -0.482. The number of carbonyl (C=O) groups is 1. The lowest BCUT2D eigenvalue weighted by Gasteiger charge is -2.26. The number of hydrogen-bond donors (Lipinski definition) is 0. The molecule has 6 heteroatoms. The van der Waals surface area contributed by atoms with Gasteiger partial charge in [-0.25, -0.2) is 9.37 Å². The molecule has 0 radical (unpaired) electrons. The lowest BCUT2D eigenvalue weighted by molar-refractivity contribution is 0.0731. The van der Waals surface area contributed by atoms with E-state index in [1.807, 2.05) is 24.3 Å². The summed E-state index contributed by atoms with van der Waals surface area (Å²) in [6.07, 6.45) is 0.677. The first-order valence-electron chi connectivity index (χ1n) is 8.32. The molecule has 1 aromatic heterocycles. The number of carbonyl (C=O) groups excluding carboxylic acids is 1. The zero-order valence-electron chi connectivity index (χ0n) is 14.2. The standard InChI is InChI=1S/C20H17FN2O2S/c1-25-14-6-4-5-13(11-14)19-22-17-9-10-23(12-18(17)26-19)20(24)15-7-2-3-8-16(15)21/h2-8,11H,9-10,12H2,1H3. The Morgan fingerprint density at radius 3 is 2.88 bits per heavy atom. The molecule has 0 atom stereocenters. The molecule has 1 aliphatic heterocycles. The van der Waals surface area contributed by atoms with Gasteiger partial charge in [-0.05, 0) is 24.3 Å². The number of nitrogens with zero attached hydrogens (tertiary/aromatic N) is 2. The Labute approximate surface area is 154 Å². The highest BCUT2D eigenvalue weighted by Gasteiger charge is 2.26. The summed E-state index contributed by atoms with van der Waals surface area (Å²) >= 11 is 1.57. The van der Waals surface area contributed by atoms with Crippen LogP contribution in [-0.4, -0.2) is 29.4 Å². The SMILES string of the molecule is COc1cccc(-c2nc3c(s2)CN(C(=O)c2ccccc2F)CC3)c1. The quantitative estimate of drug-likeness (QED) is 0.697. The average molecular weight is 368 g/mol. The Bertz CT molecular complexity index is 970. The maximum atomic E-state index is 13.9. The molecule has 132 valence electrons. The molecule has 2 heterocycles. The first kappa shape index (κ1) is 16.7. The normalized spacial score (nSPS) is 13.4. The number of benzene rings is 2. The van der Waals surface area contributed by atoms with Crippen molar-refractivity contribution in [2.24, 2.45) is 0 Å². The van der Waals surface area contributed by atoms with Crippen LogP contribution in [0.1, 0.15) is 20.9 Å². The van der Waals surface area contributed by atoms with E-state index in [-0.39, 0.29) is 11.5 Å². The van der Waals surface area contributed by atoms with Crippen LogP contribution in [0.15, 0.2) is 48.5 Å². The first-order chi connectivity index (χ1) is 12.7. The van der Waals surface area contributed by atoms with Crippen LogP contribution in [0.5, 0.6) is 5.75 Å². The molecule has 0 saturated heterocycles. The number of amides is 1. The Balaban J connectivity index is 1.59. The Morgan fingerprint density at radius 2 is 2.08 bits per heavy atom. The van der Waals surface area contributed by atoms with Crippen molar-refractivity contribution >= 4 is 17.2 Å². The lowest BCUT2D eigenvalue weighted by Crippen LogP contribution is -2.35. The summed E-state index contributed by atoms with van der Waals surface area (Å²) in [6, 6.07) is 13.9. The third-order valence-electron chi connectivity index (χ3n) is 4.44. The zero-order valence-corrected chi connectivity index (χ0v) is 15.1. The van der Waals surface area contributed by atoms with E-state index in [4.69, 9.17) is 9.72 Å². The largest absolute Gasteiger partial charge is 0.497 e. The number of halogens is 1. The van der Waals surface area contributed by atoms with Gasteiger partial charge in [0.1, 0.15) is 16.6 Å². The molecule has 0 N–H and O–H groups in total. The van der Waals surface area contributed by atoms with Gasteiger partial charge >= 0.3 is 0 Å². The van der Waals surface area contributed by atoms with Crippen LogP contribution in [-0.2, 0) is 13.0 Å². The second-order valence-electron chi connectivity index (χ2n) is 6.08. The molecule has 0 spiro atoms. The van der Waals surface area contributed by atoms with Gasteiger partial charge in [-0.2, -0.15) is 0 Å². The fourth-order valence-electron chi connectivity index (χ4n) is 3.05. The molecule has 0 saturated carbocycles. The Kier molecular flexibility index (Phi) is 4.42. The van der Waals surface area contributed by atoms with Crippen molar-refractivity contribution in [3.05, 3.63) is 70.5 Å². The van der Waals surface area contributed by atoms with E-state index in [1.165, 1.54) is 12.1 Å². The third-order valence-corrected chi connectivity index (χ3v) is 5.57. The maximum Gasteiger partial charge on any atom is 0.257 e. The summed E-state index contributed by atoms with van der Waals surface area (Å²) in [5.41, 5.74) is 2.13. The number of rotatable bonds is 3. The smallest absolute Gasteiger partial charge is 0.257 e. The van der Waals surface area contributed by atoms with Crippen molar-refractivity contribution in [3.63, 3.8) is 0 Å². The van der Waals surface area contributed by atoms with Gasteiger partial charge in [-0.15, -0.1) is 11.3 Å². The molecule has 1 aliphatic rings. The van der Waals surface area contributed by atoms with E-state index < -0.39 is 5.82 Å². The number of fused-ring (bicyclic) bond motifs is 1. The lowest BCUT2D eigenvalue weighted by atomic mass is 10.1. The van der Waals surface area contributed by atoms with Crippen LogP contribution in [0.25, 0.3) is 10.6 Å². The molecule has 1 amide bonds. The minimum Gasteiger partial charge on any atom is -0.497 e. The van der Waals surface area contributed by atoms with Gasteiger partial charge in [-0.1, -0.05) is 24.3 Å². The van der Waals surface area contributed by atoms with E-state index in [9.17, 15) is 9.18 Å². The zero-order chi connectivity index (χ0) is 18.1. The fourth-order valence-corrected chi connectivity index (χ4v) is 4.17. The molecule has 0 aliphatic carbocycles. The first-order valence-corrected chi connectivity index (χ1v) is 9.14. The third kappa shape index (κ3) is 3.08. The molecule has 3 aromatic rings. The highest BCUT2D eigenvalue weighted by molar-refractivity contribution is 7.15. The van der Waals surface area contributed by atoms with Gasteiger partial charge in [0.25, 0.3) is 5.91 Å². The van der Waals surface area contributed by atoms with E-state index in [2.05, 4.69) is 0 Å². The molecule has 0 bridgehead atoms. The van der Waals surface area contributed by atoms with Crippen LogP contribution in [0.3, 0.4) is 0 Å². The Morgan fingerprint density at radius 1 is 1.23 bits per heavy atom. The fraction of sp³-hybridized carbons (Fsp3) is 0.200. The van der Waals surface area contributed by atoms with Gasteiger partial charge in [0.05, 0.1) is 24.9 Å². The second-order valence-corrected chi connectivity index (χ2v) is 7.16. The van der Waals surface area contributed by atoms with Gasteiger partial charge in [-0.3, -0.25) is 4.79 Å². The number of hydrogen-bond acceptors (Lipinski definition) is 4. The number of ether oxygens (including phenoxy) is 1. The molecule has 4 rings (SSSR count). The van der Waals surface area contributed by atoms with Gasteiger partial charge in [0, 0.05) is 23.4 Å². The van der Waals surface area contributed by atoms with Crippen molar-refractivity contribution in [3.8, 4) is 16.3 Å². The van der Waals surface area contributed by atoms with Crippen molar-refractivity contribution in [2.75, 3.05) is 13.7 Å². The summed E-state index contributed by atoms with van der Waals surface area (Å²) in [5.74, 6) is 0.0294. The van der Waals surface area contributed by atoms with E-state index >= 15 is 0 Å². The average Bonchev–Trinajstić information content (AvgIpc) is 3.11. The highest BCUT2D eigenvalue weighted by atomic mass is 32.1. The Hall–Kier alpha value is -2.73. The number of aromatic nitrogens is 1. The molecular formula is C20H17FN2O2S. The van der Waals surface area contributed by atoms with Crippen molar-refractivity contribution in [1.29, 1.82) is 0 Å². The van der Waals surface area contributed by atoms with Gasteiger partial charge in [0.15, 0.2) is 0 Å². The summed E-state index contributed by atoms with van der Waals surface area (Å²) < 4.78 is 19.2. The summed E-state index contributed by atoms with van der Waals surface area (Å²) in [5, 5.41) is 0.911. The highest BCUT2D eigenvalue weighted by Crippen LogP contribution is 2.33. The molecule has 4 nitrogen and oxygen atoms in total.